The first kappa shape index (κ1) is 21.2. The number of nitrogens with zero attached hydrogens (tertiary/aromatic N) is 2. The van der Waals surface area contributed by atoms with E-state index in [2.05, 4.69) is 6.92 Å². The first-order chi connectivity index (χ1) is 13.3. The van der Waals surface area contributed by atoms with Crippen LogP contribution in [0.25, 0.3) is 5.57 Å². The number of carbonyl (C=O) groups is 2. The van der Waals surface area contributed by atoms with Gasteiger partial charge in [0.05, 0.1) is 29.9 Å². The lowest BCUT2D eigenvalue weighted by Crippen LogP contribution is -2.40. The highest BCUT2D eigenvalue weighted by atomic mass is 35.5. The van der Waals surface area contributed by atoms with Crippen LogP contribution in [0.1, 0.15) is 39.2 Å². The van der Waals surface area contributed by atoms with Gasteiger partial charge in [0.15, 0.2) is 0 Å². The van der Waals surface area contributed by atoms with Gasteiger partial charge < -0.3 is 9.64 Å². The molecular weight excluding hydrogens is 399 g/mol. The van der Waals surface area contributed by atoms with Gasteiger partial charge >= 0.3 is 0 Å². The third kappa shape index (κ3) is 4.37. The molecule has 28 heavy (non-hydrogen) atoms. The standard InChI is InChI=1S/C21H26Cl2N2O3/c1-13(2)28-10-9-25-20(26)18(16-7-6-15(22)11-17(16)23)19(21(25)27)24-8-4-5-14(3)12-24/h6-7,11,13-14H,4-5,8-10,12H2,1-3H3. The largest absolute Gasteiger partial charge is 0.377 e. The Morgan fingerprint density at radius 2 is 1.96 bits per heavy atom. The van der Waals surface area contributed by atoms with Gasteiger partial charge in [-0.15, -0.1) is 0 Å². The normalized spacial score (nSPS) is 20.7. The zero-order valence-electron chi connectivity index (χ0n) is 16.5. The summed E-state index contributed by atoms with van der Waals surface area (Å²) in [5.41, 5.74) is 1.36. The van der Waals surface area contributed by atoms with E-state index in [4.69, 9.17) is 27.9 Å². The average Bonchev–Trinajstić information content (AvgIpc) is 2.86. The number of hydrogen-bond acceptors (Lipinski definition) is 4. The van der Waals surface area contributed by atoms with Gasteiger partial charge in [0.2, 0.25) is 0 Å². The maximum absolute atomic E-state index is 13.2. The van der Waals surface area contributed by atoms with Crippen molar-refractivity contribution in [3.63, 3.8) is 0 Å². The van der Waals surface area contributed by atoms with E-state index in [0.717, 1.165) is 25.9 Å². The summed E-state index contributed by atoms with van der Waals surface area (Å²) in [6, 6.07) is 5.01. The third-order valence-electron chi connectivity index (χ3n) is 5.08. The molecule has 1 aromatic carbocycles. The Bertz CT molecular complexity index is 807. The zero-order valence-corrected chi connectivity index (χ0v) is 18.0. The summed E-state index contributed by atoms with van der Waals surface area (Å²) in [5, 5.41) is 0.855. The van der Waals surface area contributed by atoms with E-state index in [9.17, 15) is 9.59 Å². The third-order valence-corrected chi connectivity index (χ3v) is 5.63. The molecule has 5 nitrogen and oxygen atoms in total. The quantitative estimate of drug-likeness (QED) is 0.641. The molecule has 2 aliphatic heterocycles. The summed E-state index contributed by atoms with van der Waals surface area (Å²) in [5.74, 6) is -0.133. The maximum atomic E-state index is 13.2. The molecular formula is C21H26Cl2N2O3. The van der Waals surface area contributed by atoms with Gasteiger partial charge in [0.25, 0.3) is 11.8 Å². The van der Waals surface area contributed by atoms with Gasteiger partial charge in [-0.3, -0.25) is 14.5 Å². The lowest BCUT2D eigenvalue weighted by Gasteiger charge is -2.33. The summed E-state index contributed by atoms with van der Waals surface area (Å²) in [7, 11) is 0. The van der Waals surface area contributed by atoms with Crippen LogP contribution < -0.4 is 0 Å². The van der Waals surface area contributed by atoms with Gasteiger partial charge in [-0.1, -0.05) is 36.2 Å². The van der Waals surface area contributed by atoms with Crippen LogP contribution in [0, 0.1) is 5.92 Å². The van der Waals surface area contributed by atoms with Crippen LogP contribution in [-0.4, -0.2) is 54.0 Å². The van der Waals surface area contributed by atoms with E-state index in [0.29, 0.717) is 39.4 Å². The fourth-order valence-electron chi connectivity index (χ4n) is 3.77. The van der Waals surface area contributed by atoms with Gasteiger partial charge in [0, 0.05) is 23.7 Å². The molecule has 7 heteroatoms. The molecule has 1 aromatic rings. The highest BCUT2D eigenvalue weighted by Gasteiger charge is 2.42. The molecule has 2 heterocycles. The van der Waals surface area contributed by atoms with Crippen molar-refractivity contribution in [1.29, 1.82) is 0 Å². The minimum atomic E-state index is -0.324. The van der Waals surface area contributed by atoms with Crippen molar-refractivity contribution in [1.82, 2.24) is 9.80 Å². The predicted octanol–water partition coefficient (Wildman–Crippen LogP) is 4.23. The molecule has 2 amide bonds. The van der Waals surface area contributed by atoms with Crippen LogP contribution in [0.4, 0.5) is 0 Å². The number of carbonyl (C=O) groups excluding carboxylic acids is 2. The van der Waals surface area contributed by atoms with Crippen molar-refractivity contribution < 1.29 is 14.3 Å². The number of hydrogen-bond donors (Lipinski definition) is 0. The van der Waals surface area contributed by atoms with Gasteiger partial charge in [-0.2, -0.15) is 0 Å². The molecule has 2 aliphatic rings. The van der Waals surface area contributed by atoms with Crippen molar-refractivity contribution in [2.24, 2.45) is 5.92 Å². The Morgan fingerprint density at radius 1 is 1.21 bits per heavy atom. The summed E-state index contributed by atoms with van der Waals surface area (Å²) >= 11 is 12.4. The van der Waals surface area contributed by atoms with Crippen molar-refractivity contribution in [2.45, 2.75) is 39.7 Å². The molecule has 152 valence electrons. The van der Waals surface area contributed by atoms with Crippen molar-refractivity contribution in [3.05, 3.63) is 39.5 Å². The monoisotopic (exact) mass is 424 g/mol. The second-order valence-corrected chi connectivity index (χ2v) is 8.57. The Labute approximate surface area is 176 Å². The predicted molar refractivity (Wildman–Crippen MR) is 111 cm³/mol. The van der Waals surface area contributed by atoms with Crippen molar-refractivity contribution >= 4 is 40.6 Å². The smallest absolute Gasteiger partial charge is 0.277 e. The number of imide groups is 1. The first-order valence-corrected chi connectivity index (χ1v) is 10.5. The summed E-state index contributed by atoms with van der Waals surface area (Å²) in [4.78, 5) is 29.8. The number of rotatable bonds is 6. The van der Waals surface area contributed by atoms with Gasteiger partial charge in [-0.25, -0.2) is 0 Å². The highest BCUT2D eigenvalue weighted by Crippen LogP contribution is 2.37. The van der Waals surface area contributed by atoms with Gasteiger partial charge in [0.1, 0.15) is 5.70 Å². The van der Waals surface area contributed by atoms with Crippen molar-refractivity contribution in [2.75, 3.05) is 26.2 Å². The van der Waals surface area contributed by atoms with Crippen LogP contribution >= 0.6 is 23.2 Å². The maximum Gasteiger partial charge on any atom is 0.277 e. The Morgan fingerprint density at radius 3 is 2.61 bits per heavy atom. The van der Waals surface area contributed by atoms with Crippen LogP contribution in [-0.2, 0) is 14.3 Å². The van der Waals surface area contributed by atoms with Crippen LogP contribution in [0.2, 0.25) is 10.0 Å². The minimum Gasteiger partial charge on any atom is -0.377 e. The fourth-order valence-corrected chi connectivity index (χ4v) is 4.27. The number of ether oxygens (including phenoxy) is 1. The van der Waals surface area contributed by atoms with Crippen molar-refractivity contribution in [3.8, 4) is 0 Å². The molecule has 0 saturated carbocycles. The molecule has 0 N–H and O–H groups in total. The van der Waals surface area contributed by atoms with E-state index in [1.807, 2.05) is 18.7 Å². The second kappa shape index (κ2) is 8.85. The van der Waals surface area contributed by atoms with E-state index in [1.165, 1.54) is 4.90 Å². The molecule has 1 saturated heterocycles. The lowest BCUT2D eigenvalue weighted by molar-refractivity contribution is -0.138. The Kier molecular flexibility index (Phi) is 6.69. The van der Waals surface area contributed by atoms with Gasteiger partial charge in [-0.05, 0) is 44.7 Å². The summed E-state index contributed by atoms with van der Waals surface area (Å²) in [6.45, 7) is 8.04. The summed E-state index contributed by atoms with van der Waals surface area (Å²) < 4.78 is 5.56. The number of likely N-dealkylation sites (tertiary alicyclic amines) is 1. The Hall–Kier alpha value is -1.56. The highest BCUT2D eigenvalue weighted by molar-refractivity contribution is 6.41. The van der Waals surface area contributed by atoms with Crippen LogP contribution in [0.15, 0.2) is 23.9 Å². The minimum absolute atomic E-state index is 0.0355. The molecule has 1 fully saturated rings. The van der Waals surface area contributed by atoms with E-state index in [-0.39, 0.29) is 24.5 Å². The van der Waals surface area contributed by atoms with E-state index < -0.39 is 0 Å². The number of benzene rings is 1. The first-order valence-electron chi connectivity index (χ1n) is 9.72. The average molecular weight is 425 g/mol. The SMILES string of the molecule is CC1CCCN(C2=C(c3ccc(Cl)cc3Cl)C(=O)N(CCOC(C)C)C2=O)C1. The molecule has 0 aliphatic carbocycles. The molecule has 0 radical (unpaired) electrons. The molecule has 1 unspecified atom stereocenters. The molecule has 0 aromatic heterocycles. The lowest BCUT2D eigenvalue weighted by atomic mass is 9.97. The molecule has 0 spiro atoms. The summed E-state index contributed by atoms with van der Waals surface area (Å²) in [6.07, 6.45) is 2.15. The van der Waals surface area contributed by atoms with Crippen LogP contribution in [0.3, 0.4) is 0 Å². The zero-order chi connectivity index (χ0) is 20.4. The second-order valence-electron chi connectivity index (χ2n) is 7.72. The number of amides is 2. The molecule has 3 rings (SSSR count). The molecule has 0 bridgehead atoms. The number of piperidine rings is 1. The Balaban J connectivity index is 1.99. The topological polar surface area (TPSA) is 49.9 Å². The van der Waals surface area contributed by atoms with Crippen LogP contribution in [0.5, 0.6) is 0 Å². The van der Waals surface area contributed by atoms with E-state index >= 15 is 0 Å². The van der Waals surface area contributed by atoms with E-state index in [1.54, 1.807) is 18.2 Å². The number of halogens is 2. The fraction of sp³-hybridized carbons (Fsp3) is 0.524. The molecule has 1 atom stereocenters.